The number of ether oxygens (including phenoxy) is 1. The van der Waals surface area contributed by atoms with Crippen molar-refractivity contribution in [2.45, 2.75) is 32.9 Å². The number of aryl methyl sites for hydroxylation is 2. The van der Waals surface area contributed by atoms with Crippen LogP contribution in [0.2, 0.25) is 0 Å². The first kappa shape index (κ1) is 16.3. The Balaban J connectivity index is 2.31. The van der Waals surface area contributed by atoms with Gasteiger partial charge in [0.25, 0.3) is 0 Å². The van der Waals surface area contributed by atoms with Gasteiger partial charge in [0.2, 0.25) is 0 Å². The van der Waals surface area contributed by atoms with Crippen LogP contribution in [0.25, 0.3) is 10.8 Å². The molecule has 0 amide bonds. The summed E-state index contributed by atoms with van der Waals surface area (Å²) < 4.78 is 43.2. The van der Waals surface area contributed by atoms with Crippen molar-refractivity contribution >= 4 is 16.7 Å². The second-order valence-electron chi connectivity index (χ2n) is 4.94. The SMILES string of the molecule is CCOC(=O)CCc1cc2cc(C(F)(F)F)ccc2c(C)n1. The number of alkyl halides is 3. The van der Waals surface area contributed by atoms with E-state index in [9.17, 15) is 18.0 Å². The van der Waals surface area contributed by atoms with Gasteiger partial charge in [0.05, 0.1) is 18.6 Å². The summed E-state index contributed by atoms with van der Waals surface area (Å²) in [6, 6.07) is 5.18. The molecule has 1 aromatic carbocycles. The highest BCUT2D eigenvalue weighted by Gasteiger charge is 2.30. The Morgan fingerprint density at radius 1 is 1.27 bits per heavy atom. The molecular weight excluding hydrogens is 295 g/mol. The summed E-state index contributed by atoms with van der Waals surface area (Å²) >= 11 is 0. The van der Waals surface area contributed by atoms with Gasteiger partial charge in [-0.25, -0.2) is 0 Å². The monoisotopic (exact) mass is 311 g/mol. The highest BCUT2D eigenvalue weighted by atomic mass is 19.4. The third kappa shape index (κ3) is 3.75. The van der Waals surface area contributed by atoms with Crippen LogP contribution in [0, 0.1) is 6.92 Å². The normalized spacial score (nSPS) is 11.7. The van der Waals surface area contributed by atoms with E-state index in [0.717, 1.165) is 12.1 Å². The molecule has 2 aromatic rings. The molecule has 0 saturated carbocycles. The Labute approximate surface area is 126 Å². The maximum atomic E-state index is 12.8. The zero-order chi connectivity index (χ0) is 16.3. The number of carbonyl (C=O) groups is 1. The summed E-state index contributed by atoms with van der Waals surface area (Å²) in [6.07, 6.45) is -3.88. The Kier molecular flexibility index (Phi) is 4.68. The van der Waals surface area contributed by atoms with Crippen molar-refractivity contribution in [1.29, 1.82) is 0 Å². The number of esters is 1. The Morgan fingerprint density at radius 3 is 2.64 bits per heavy atom. The van der Waals surface area contributed by atoms with Crippen LogP contribution in [0.4, 0.5) is 13.2 Å². The van der Waals surface area contributed by atoms with Gasteiger partial charge in [-0.3, -0.25) is 9.78 Å². The fraction of sp³-hybridized carbons (Fsp3) is 0.375. The predicted octanol–water partition coefficient (Wildman–Crippen LogP) is 4.06. The fourth-order valence-corrected chi connectivity index (χ4v) is 2.27. The number of hydrogen-bond donors (Lipinski definition) is 0. The van der Waals surface area contributed by atoms with E-state index in [-0.39, 0.29) is 12.4 Å². The molecule has 0 bridgehead atoms. The summed E-state index contributed by atoms with van der Waals surface area (Å²) in [7, 11) is 0. The minimum Gasteiger partial charge on any atom is -0.466 e. The molecule has 0 radical (unpaired) electrons. The molecular formula is C16H16F3NO2. The zero-order valence-corrected chi connectivity index (χ0v) is 12.3. The largest absolute Gasteiger partial charge is 0.466 e. The maximum Gasteiger partial charge on any atom is 0.416 e. The molecule has 0 spiro atoms. The molecule has 22 heavy (non-hydrogen) atoms. The lowest BCUT2D eigenvalue weighted by Crippen LogP contribution is -2.07. The molecule has 1 heterocycles. The maximum absolute atomic E-state index is 12.8. The van der Waals surface area contributed by atoms with Crippen molar-refractivity contribution in [2.75, 3.05) is 6.61 Å². The van der Waals surface area contributed by atoms with Gasteiger partial charge in [-0.05, 0) is 37.4 Å². The van der Waals surface area contributed by atoms with Gasteiger partial charge in [0, 0.05) is 23.2 Å². The fourth-order valence-electron chi connectivity index (χ4n) is 2.27. The molecule has 0 saturated heterocycles. The van der Waals surface area contributed by atoms with Crippen LogP contribution >= 0.6 is 0 Å². The van der Waals surface area contributed by atoms with E-state index < -0.39 is 11.7 Å². The molecule has 0 aliphatic rings. The summed E-state index contributed by atoms with van der Waals surface area (Å²) in [5, 5.41) is 1.15. The molecule has 118 valence electrons. The quantitative estimate of drug-likeness (QED) is 0.799. The Hall–Kier alpha value is -2.11. The number of rotatable bonds is 4. The molecule has 0 fully saturated rings. The third-order valence-electron chi connectivity index (χ3n) is 3.29. The predicted molar refractivity (Wildman–Crippen MR) is 76.4 cm³/mol. The van der Waals surface area contributed by atoms with E-state index in [2.05, 4.69) is 4.98 Å². The van der Waals surface area contributed by atoms with E-state index in [1.807, 2.05) is 0 Å². The molecule has 0 atom stereocenters. The van der Waals surface area contributed by atoms with Crippen molar-refractivity contribution < 1.29 is 22.7 Å². The van der Waals surface area contributed by atoms with E-state index >= 15 is 0 Å². The molecule has 3 nitrogen and oxygen atoms in total. The second-order valence-corrected chi connectivity index (χ2v) is 4.94. The number of aromatic nitrogens is 1. The van der Waals surface area contributed by atoms with Crippen molar-refractivity contribution in [3.8, 4) is 0 Å². The van der Waals surface area contributed by atoms with Crippen LogP contribution in [-0.2, 0) is 22.1 Å². The number of nitrogens with zero attached hydrogens (tertiary/aromatic N) is 1. The minimum atomic E-state index is -4.38. The summed E-state index contributed by atoms with van der Waals surface area (Å²) in [6.45, 7) is 3.76. The average molecular weight is 311 g/mol. The van der Waals surface area contributed by atoms with E-state index in [1.54, 1.807) is 19.9 Å². The van der Waals surface area contributed by atoms with Gasteiger partial charge < -0.3 is 4.74 Å². The first-order valence-electron chi connectivity index (χ1n) is 6.94. The Morgan fingerprint density at radius 2 is 2.00 bits per heavy atom. The number of pyridine rings is 1. The zero-order valence-electron chi connectivity index (χ0n) is 12.3. The third-order valence-corrected chi connectivity index (χ3v) is 3.29. The highest BCUT2D eigenvalue weighted by molar-refractivity contribution is 5.85. The number of benzene rings is 1. The molecule has 0 aliphatic heterocycles. The highest BCUT2D eigenvalue weighted by Crippen LogP contribution is 2.32. The van der Waals surface area contributed by atoms with Crippen LogP contribution < -0.4 is 0 Å². The minimum absolute atomic E-state index is 0.157. The number of hydrogen-bond acceptors (Lipinski definition) is 3. The summed E-state index contributed by atoms with van der Waals surface area (Å²) in [4.78, 5) is 15.7. The molecule has 1 aromatic heterocycles. The first-order chi connectivity index (χ1) is 10.3. The number of fused-ring (bicyclic) bond motifs is 1. The lowest BCUT2D eigenvalue weighted by atomic mass is 10.0. The van der Waals surface area contributed by atoms with Crippen molar-refractivity contribution in [2.24, 2.45) is 0 Å². The van der Waals surface area contributed by atoms with E-state index in [1.165, 1.54) is 6.07 Å². The van der Waals surface area contributed by atoms with Gasteiger partial charge in [-0.2, -0.15) is 13.2 Å². The topological polar surface area (TPSA) is 39.2 Å². The molecule has 0 unspecified atom stereocenters. The number of carbonyl (C=O) groups excluding carboxylic acids is 1. The van der Waals surface area contributed by atoms with Crippen LogP contribution in [-0.4, -0.2) is 17.6 Å². The number of halogens is 3. The van der Waals surface area contributed by atoms with E-state index in [4.69, 9.17) is 4.74 Å². The van der Waals surface area contributed by atoms with Gasteiger partial charge in [0.15, 0.2) is 0 Å². The lowest BCUT2D eigenvalue weighted by molar-refractivity contribution is -0.143. The molecule has 6 heteroatoms. The van der Waals surface area contributed by atoms with Gasteiger partial charge >= 0.3 is 12.1 Å². The molecule has 0 aliphatic carbocycles. The van der Waals surface area contributed by atoms with Gasteiger partial charge in [-0.15, -0.1) is 0 Å². The van der Waals surface area contributed by atoms with Crippen molar-refractivity contribution in [3.63, 3.8) is 0 Å². The average Bonchev–Trinajstić information content (AvgIpc) is 2.44. The second kappa shape index (κ2) is 6.34. The van der Waals surface area contributed by atoms with Crippen LogP contribution in [0.3, 0.4) is 0 Å². The molecule has 2 rings (SSSR count). The Bertz CT molecular complexity index is 696. The summed E-state index contributed by atoms with van der Waals surface area (Å²) in [5.74, 6) is -0.342. The van der Waals surface area contributed by atoms with E-state index in [0.29, 0.717) is 35.2 Å². The van der Waals surface area contributed by atoms with Crippen LogP contribution in [0.1, 0.15) is 30.3 Å². The van der Waals surface area contributed by atoms with Crippen molar-refractivity contribution in [3.05, 3.63) is 41.2 Å². The standard InChI is InChI=1S/C16H16F3NO2/c1-3-22-15(21)7-5-13-9-11-8-12(16(17,18)19)4-6-14(11)10(2)20-13/h4,6,8-9H,3,5,7H2,1-2H3. The smallest absolute Gasteiger partial charge is 0.416 e. The first-order valence-corrected chi connectivity index (χ1v) is 6.94. The van der Waals surface area contributed by atoms with Crippen LogP contribution in [0.15, 0.2) is 24.3 Å². The lowest BCUT2D eigenvalue weighted by Gasteiger charge is -2.10. The van der Waals surface area contributed by atoms with Gasteiger partial charge in [0.1, 0.15) is 0 Å². The van der Waals surface area contributed by atoms with Crippen LogP contribution in [0.5, 0.6) is 0 Å². The molecule has 0 N–H and O–H groups in total. The van der Waals surface area contributed by atoms with Gasteiger partial charge in [-0.1, -0.05) is 6.07 Å². The summed E-state index contributed by atoms with van der Waals surface area (Å²) in [5.41, 5.74) is 0.532. The van der Waals surface area contributed by atoms with Crippen molar-refractivity contribution in [1.82, 2.24) is 4.98 Å².